The Morgan fingerprint density at radius 1 is 1.06 bits per heavy atom. The lowest BCUT2D eigenvalue weighted by molar-refractivity contribution is 0.164. The lowest BCUT2D eigenvalue weighted by Gasteiger charge is -2.32. The van der Waals surface area contributed by atoms with Crippen molar-refractivity contribution >= 4 is 45.3 Å². The van der Waals surface area contributed by atoms with Crippen molar-refractivity contribution in [3.63, 3.8) is 0 Å². The second-order valence-corrected chi connectivity index (χ2v) is 8.29. The first kappa shape index (κ1) is 20.2. The molecule has 1 aliphatic rings. The summed E-state index contributed by atoms with van der Waals surface area (Å²) < 4.78 is 0. The van der Waals surface area contributed by atoms with E-state index < -0.39 is 0 Å². The van der Waals surface area contributed by atoms with Crippen LogP contribution in [0.3, 0.4) is 0 Å². The highest BCUT2D eigenvalue weighted by atomic mass is 16.2. The van der Waals surface area contributed by atoms with Crippen LogP contribution >= 0.6 is 0 Å². The fourth-order valence-corrected chi connectivity index (χ4v) is 4.01. The molecule has 4 aromatic rings. The van der Waals surface area contributed by atoms with Gasteiger partial charge in [-0.1, -0.05) is 18.2 Å². The number of urea groups is 1. The topological polar surface area (TPSA) is 102 Å². The van der Waals surface area contributed by atoms with Gasteiger partial charge in [0, 0.05) is 43.4 Å². The number of H-pyrrole nitrogens is 1. The number of para-hydroxylation sites is 1. The molecule has 3 heterocycles. The number of benzene rings is 2. The third-order valence-electron chi connectivity index (χ3n) is 5.81. The number of nitrogens with zero attached hydrogens (tertiary/aromatic N) is 5. The van der Waals surface area contributed by atoms with E-state index in [1.807, 2.05) is 55.3 Å². The molecule has 1 saturated heterocycles. The summed E-state index contributed by atoms with van der Waals surface area (Å²) in [5, 5.41) is 7.33. The van der Waals surface area contributed by atoms with E-state index >= 15 is 0 Å². The van der Waals surface area contributed by atoms with Crippen molar-refractivity contribution in [3.8, 4) is 0 Å². The molecule has 2 aromatic carbocycles. The van der Waals surface area contributed by atoms with Gasteiger partial charge in [-0.05, 0) is 38.6 Å². The van der Waals surface area contributed by atoms with Crippen molar-refractivity contribution in [3.05, 3.63) is 47.9 Å². The third-order valence-corrected chi connectivity index (χ3v) is 5.81. The molecule has 9 heteroatoms. The standard InChI is InChI=1S/C23H26N8O/c1-14-5-4-6-16-13-24-22(29-20(14)16)27-17-11-18-21(26-15(2)25-18)19(12-17)28-23(32)31-9-7-30(3)8-10-31/h4-6,11-13H,7-10H2,1-3H3,(H,25,26)(H,28,32)(H,24,27,29). The summed E-state index contributed by atoms with van der Waals surface area (Å²) in [7, 11) is 2.07. The van der Waals surface area contributed by atoms with Gasteiger partial charge in [0.25, 0.3) is 0 Å². The number of carbonyl (C=O) groups is 1. The lowest BCUT2D eigenvalue weighted by atomic mass is 10.1. The van der Waals surface area contributed by atoms with Gasteiger partial charge in [0.15, 0.2) is 0 Å². The molecular weight excluding hydrogens is 404 g/mol. The molecule has 0 atom stereocenters. The van der Waals surface area contributed by atoms with Crippen molar-refractivity contribution in [2.24, 2.45) is 0 Å². The van der Waals surface area contributed by atoms with E-state index in [9.17, 15) is 4.79 Å². The van der Waals surface area contributed by atoms with Gasteiger partial charge in [-0.15, -0.1) is 0 Å². The van der Waals surface area contributed by atoms with Gasteiger partial charge in [0.05, 0.1) is 16.7 Å². The molecule has 2 aromatic heterocycles. The van der Waals surface area contributed by atoms with Crippen molar-refractivity contribution in [1.29, 1.82) is 0 Å². The fourth-order valence-electron chi connectivity index (χ4n) is 4.01. The molecular formula is C23H26N8O. The van der Waals surface area contributed by atoms with Crippen LogP contribution in [0.5, 0.6) is 0 Å². The van der Waals surface area contributed by atoms with E-state index in [0.717, 1.165) is 52.1 Å². The zero-order valence-electron chi connectivity index (χ0n) is 18.4. The second kappa shape index (κ2) is 8.08. The van der Waals surface area contributed by atoms with Gasteiger partial charge < -0.3 is 25.4 Å². The number of anilines is 3. The van der Waals surface area contributed by atoms with Crippen molar-refractivity contribution < 1.29 is 4.79 Å². The summed E-state index contributed by atoms with van der Waals surface area (Å²) in [6.45, 7) is 7.06. The Labute approximate surface area is 185 Å². The largest absolute Gasteiger partial charge is 0.342 e. The van der Waals surface area contributed by atoms with Crippen LogP contribution in [0.1, 0.15) is 11.4 Å². The number of fused-ring (bicyclic) bond motifs is 2. The van der Waals surface area contributed by atoms with E-state index in [1.165, 1.54) is 0 Å². The van der Waals surface area contributed by atoms with Crippen LogP contribution in [0, 0.1) is 13.8 Å². The van der Waals surface area contributed by atoms with Crippen LogP contribution in [0.25, 0.3) is 21.9 Å². The number of imidazole rings is 1. The highest BCUT2D eigenvalue weighted by molar-refractivity contribution is 6.01. The molecule has 0 unspecified atom stereocenters. The predicted molar refractivity (Wildman–Crippen MR) is 126 cm³/mol. The minimum absolute atomic E-state index is 0.116. The second-order valence-electron chi connectivity index (χ2n) is 8.29. The molecule has 1 aliphatic heterocycles. The number of rotatable bonds is 3. The van der Waals surface area contributed by atoms with Gasteiger partial charge in [-0.25, -0.2) is 19.7 Å². The maximum Gasteiger partial charge on any atom is 0.321 e. The Morgan fingerprint density at radius 2 is 1.88 bits per heavy atom. The van der Waals surface area contributed by atoms with E-state index in [-0.39, 0.29) is 6.03 Å². The molecule has 9 nitrogen and oxygen atoms in total. The lowest BCUT2D eigenvalue weighted by Crippen LogP contribution is -2.48. The first-order chi connectivity index (χ1) is 15.5. The van der Waals surface area contributed by atoms with E-state index in [2.05, 4.69) is 42.5 Å². The highest BCUT2D eigenvalue weighted by Crippen LogP contribution is 2.29. The summed E-state index contributed by atoms with van der Waals surface area (Å²) >= 11 is 0. The molecule has 0 aliphatic carbocycles. The number of nitrogens with one attached hydrogen (secondary N) is 3. The van der Waals surface area contributed by atoms with E-state index in [0.29, 0.717) is 24.7 Å². The van der Waals surface area contributed by atoms with Crippen LogP contribution in [0.2, 0.25) is 0 Å². The fraction of sp³-hybridized carbons (Fsp3) is 0.304. The molecule has 2 amide bonds. The maximum atomic E-state index is 12.9. The number of aromatic nitrogens is 4. The monoisotopic (exact) mass is 430 g/mol. The molecule has 0 saturated carbocycles. The molecule has 0 bridgehead atoms. The minimum Gasteiger partial charge on any atom is -0.342 e. The van der Waals surface area contributed by atoms with E-state index in [4.69, 9.17) is 0 Å². The quantitative estimate of drug-likeness (QED) is 0.459. The molecule has 5 rings (SSSR count). The maximum absolute atomic E-state index is 12.9. The molecule has 164 valence electrons. The average Bonchev–Trinajstić information content (AvgIpc) is 3.15. The van der Waals surface area contributed by atoms with Crippen LogP contribution in [0.15, 0.2) is 36.5 Å². The molecule has 1 fully saturated rings. The Kier molecular flexibility index (Phi) is 5.10. The van der Waals surface area contributed by atoms with Crippen molar-refractivity contribution in [1.82, 2.24) is 29.7 Å². The number of aryl methyl sites for hydroxylation is 2. The minimum atomic E-state index is -0.116. The van der Waals surface area contributed by atoms with Crippen LogP contribution in [-0.2, 0) is 0 Å². The highest BCUT2D eigenvalue weighted by Gasteiger charge is 2.20. The SMILES string of the molecule is Cc1nc2c(NC(=O)N3CCN(C)CC3)cc(Nc3ncc4cccc(C)c4n3)cc2[nH]1. The van der Waals surface area contributed by atoms with Crippen LogP contribution in [0.4, 0.5) is 22.1 Å². The van der Waals surface area contributed by atoms with Crippen LogP contribution < -0.4 is 10.6 Å². The predicted octanol–water partition coefficient (Wildman–Crippen LogP) is 3.65. The summed E-state index contributed by atoms with van der Waals surface area (Å²) in [5.41, 5.74) is 4.97. The Hall–Kier alpha value is -3.72. The van der Waals surface area contributed by atoms with E-state index in [1.54, 1.807) is 0 Å². The Balaban J connectivity index is 1.45. The first-order valence-corrected chi connectivity index (χ1v) is 10.7. The zero-order valence-corrected chi connectivity index (χ0v) is 18.4. The number of amides is 2. The molecule has 0 spiro atoms. The van der Waals surface area contributed by atoms with Gasteiger partial charge in [0.2, 0.25) is 5.95 Å². The van der Waals surface area contributed by atoms with Crippen molar-refractivity contribution in [2.45, 2.75) is 13.8 Å². The molecule has 32 heavy (non-hydrogen) atoms. The Bertz CT molecular complexity index is 1310. The van der Waals surface area contributed by atoms with Gasteiger partial charge in [-0.3, -0.25) is 0 Å². The average molecular weight is 431 g/mol. The Morgan fingerprint density at radius 3 is 2.69 bits per heavy atom. The number of carbonyl (C=O) groups excluding carboxylic acids is 1. The number of hydrogen-bond acceptors (Lipinski definition) is 6. The van der Waals surface area contributed by atoms with Gasteiger partial charge in [0.1, 0.15) is 11.3 Å². The van der Waals surface area contributed by atoms with Gasteiger partial charge >= 0.3 is 6.03 Å². The third kappa shape index (κ3) is 3.94. The zero-order chi connectivity index (χ0) is 22.2. The number of aromatic amines is 1. The summed E-state index contributed by atoms with van der Waals surface area (Å²) in [5.74, 6) is 1.28. The van der Waals surface area contributed by atoms with Crippen LogP contribution in [-0.4, -0.2) is 69.0 Å². The number of likely N-dealkylation sites (N-methyl/N-ethyl adjacent to an activating group) is 1. The summed E-state index contributed by atoms with van der Waals surface area (Å²) in [4.78, 5) is 33.9. The summed E-state index contributed by atoms with van der Waals surface area (Å²) in [6.07, 6.45) is 1.81. The number of piperazine rings is 1. The summed E-state index contributed by atoms with van der Waals surface area (Å²) in [6, 6.07) is 9.74. The number of hydrogen-bond donors (Lipinski definition) is 3. The van der Waals surface area contributed by atoms with Crippen molar-refractivity contribution in [2.75, 3.05) is 43.9 Å². The smallest absolute Gasteiger partial charge is 0.321 e. The molecule has 0 radical (unpaired) electrons. The normalized spacial score (nSPS) is 14.8. The first-order valence-electron chi connectivity index (χ1n) is 10.7. The molecule has 3 N–H and O–H groups in total. The van der Waals surface area contributed by atoms with Gasteiger partial charge in [-0.2, -0.15) is 0 Å².